The Labute approximate surface area is 152 Å². The lowest BCUT2D eigenvalue weighted by Crippen LogP contribution is -2.43. The summed E-state index contributed by atoms with van der Waals surface area (Å²) in [7, 11) is 0. The zero-order chi connectivity index (χ0) is 17.9. The van der Waals surface area contributed by atoms with Gasteiger partial charge in [-0.05, 0) is 35.1 Å². The summed E-state index contributed by atoms with van der Waals surface area (Å²) >= 11 is 0. The molecule has 5 heteroatoms. The molecule has 26 heavy (non-hydrogen) atoms. The molecule has 0 spiro atoms. The van der Waals surface area contributed by atoms with E-state index in [9.17, 15) is 4.79 Å². The van der Waals surface area contributed by atoms with Crippen LogP contribution in [-0.2, 0) is 9.63 Å². The fourth-order valence-electron chi connectivity index (χ4n) is 3.86. The van der Waals surface area contributed by atoms with Gasteiger partial charge in [-0.2, -0.15) is 0 Å². The molecule has 2 aliphatic rings. The van der Waals surface area contributed by atoms with Crippen LogP contribution in [0.3, 0.4) is 0 Å². The maximum absolute atomic E-state index is 11.0. The molecule has 1 heterocycles. The van der Waals surface area contributed by atoms with Crippen LogP contribution in [0.1, 0.15) is 29.9 Å². The molecule has 5 nitrogen and oxygen atoms in total. The number of benzene rings is 2. The van der Waals surface area contributed by atoms with E-state index in [1.807, 2.05) is 6.21 Å². The van der Waals surface area contributed by atoms with Crippen molar-refractivity contribution in [2.75, 3.05) is 13.2 Å². The van der Waals surface area contributed by atoms with Gasteiger partial charge in [0.2, 0.25) is 0 Å². The average Bonchev–Trinajstić information content (AvgIpc) is 3.00. The Morgan fingerprint density at radius 3 is 2.35 bits per heavy atom. The Kier molecular flexibility index (Phi) is 4.71. The molecule has 2 atom stereocenters. The largest absolute Gasteiger partial charge is 0.481 e. The summed E-state index contributed by atoms with van der Waals surface area (Å²) in [5.74, 6) is -0.909. The van der Waals surface area contributed by atoms with Gasteiger partial charge < -0.3 is 15.3 Å². The van der Waals surface area contributed by atoms with Crippen molar-refractivity contribution in [1.29, 1.82) is 0 Å². The van der Waals surface area contributed by atoms with Crippen LogP contribution >= 0.6 is 0 Å². The van der Waals surface area contributed by atoms with Crippen LogP contribution in [0.25, 0.3) is 11.1 Å². The van der Waals surface area contributed by atoms with E-state index in [0.29, 0.717) is 19.6 Å². The molecule has 2 aromatic rings. The maximum Gasteiger partial charge on any atom is 0.307 e. The predicted octanol–water partition coefficient (Wildman–Crippen LogP) is 3.25. The van der Waals surface area contributed by atoms with Crippen LogP contribution in [0.5, 0.6) is 0 Å². The predicted molar refractivity (Wildman–Crippen MR) is 100 cm³/mol. The number of carbonyl (C=O) groups is 1. The van der Waals surface area contributed by atoms with E-state index >= 15 is 0 Å². The van der Waals surface area contributed by atoms with Crippen molar-refractivity contribution in [3.63, 3.8) is 0 Å². The van der Waals surface area contributed by atoms with Crippen LogP contribution in [-0.4, -0.2) is 36.5 Å². The SMILES string of the molecule is O=C(O)[C@@H]1CC[C@@H](CO/N=C/C2c3ccccc3-c3ccccc32)NC1. The third-order valence-electron chi connectivity index (χ3n) is 5.31. The van der Waals surface area contributed by atoms with Gasteiger partial charge in [0.1, 0.15) is 6.61 Å². The highest BCUT2D eigenvalue weighted by Gasteiger charge is 2.27. The summed E-state index contributed by atoms with van der Waals surface area (Å²) in [5.41, 5.74) is 5.02. The third-order valence-corrected chi connectivity index (χ3v) is 5.31. The van der Waals surface area contributed by atoms with Gasteiger partial charge in [-0.1, -0.05) is 53.7 Å². The van der Waals surface area contributed by atoms with Crippen molar-refractivity contribution in [2.45, 2.75) is 24.8 Å². The first-order chi connectivity index (χ1) is 12.7. The normalized spacial score (nSPS) is 22.2. The zero-order valence-electron chi connectivity index (χ0n) is 14.5. The minimum absolute atomic E-state index is 0.109. The Morgan fingerprint density at radius 2 is 1.77 bits per heavy atom. The quantitative estimate of drug-likeness (QED) is 0.641. The number of rotatable bonds is 5. The van der Waals surface area contributed by atoms with Crippen molar-refractivity contribution in [2.24, 2.45) is 11.1 Å². The fraction of sp³-hybridized carbons (Fsp3) is 0.333. The lowest BCUT2D eigenvalue weighted by atomic mass is 9.95. The molecule has 4 rings (SSSR count). The average molecular weight is 350 g/mol. The number of hydrogen-bond donors (Lipinski definition) is 2. The monoisotopic (exact) mass is 350 g/mol. The van der Waals surface area contributed by atoms with E-state index in [-0.39, 0.29) is 17.9 Å². The number of oxime groups is 1. The molecule has 1 aliphatic heterocycles. The van der Waals surface area contributed by atoms with Crippen LogP contribution < -0.4 is 5.32 Å². The van der Waals surface area contributed by atoms with Crippen LogP contribution in [0.4, 0.5) is 0 Å². The second-order valence-corrected chi connectivity index (χ2v) is 6.92. The topological polar surface area (TPSA) is 70.9 Å². The van der Waals surface area contributed by atoms with Gasteiger partial charge in [-0.15, -0.1) is 0 Å². The number of carboxylic acid groups (broad SMARTS) is 1. The summed E-state index contributed by atoms with van der Waals surface area (Å²) in [4.78, 5) is 16.5. The van der Waals surface area contributed by atoms with Gasteiger partial charge in [0.15, 0.2) is 0 Å². The van der Waals surface area contributed by atoms with E-state index in [1.165, 1.54) is 22.3 Å². The van der Waals surface area contributed by atoms with Crippen molar-refractivity contribution < 1.29 is 14.7 Å². The highest BCUT2D eigenvalue weighted by Crippen LogP contribution is 2.43. The summed E-state index contributed by atoms with van der Waals surface area (Å²) in [5, 5.41) is 16.5. The summed E-state index contributed by atoms with van der Waals surface area (Å²) in [6, 6.07) is 17.0. The number of aliphatic carboxylic acids is 1. The molecule has 2 N–H and O–H groups in total. The van der Waals surface area contributed by atoms with Crippen molar-refractivity contribution in [3.8, 4) is 11.1 Å². The Balaban J connectivity index is 1.38. The minimum atomic E-state index is -0.728. The van der Waals surface area contributed by atoms with Gasteiger partial charge in [0.05, 0.1) is 12.1 Å². The molecular formula is C21H22N2O3. The van der Waals surface area contributed by atoms with E-state index < -0.39 is 5.97 Å². The highest BCUT2D eigenvalue weighted by atomic mass is 16.6. The molecule has 0 radical (unpaired) electrons. The fourth-order valence-corrected chi connectivity index (χ4v) is 3.86. The smallest absolute Gasteiger partial charge is 0.307 e. The molecule has 1 fully saturated rings. The summed E-state index contributed by atoms with van der Waals surface area (Å²) < 4.78 is 0. The standard InChI is InChI=1S/C21H22N2O3/c24-21(25)14-9-10-15(22-11-14)13-26-23-12-20-18-7-3-1-5-16(18)17-6-2-4-8-19(17)20/h1-8,12,14-15,20,22H,9-11,13H2,(H,24,25)/b23-12+/t14-,15+/m1/s1. The first-order valence-electron chi connectivity index (χ1n) is 9.04. The lowest BCUT2D eigenvalue weighted by Gasteiger charge is -2.26. The third kappa shape index (κ3) is 3.22. The van der Waals surface area contributed by atoms with Gasteiger partial charge in [0.25, 0.3) is 0 Å². The molecule has 1 saturated heterocycles. The van der Waals surface area contributed by atoms with Crippen molar-refractivity contribution in [1.82, 2.24) is 5.32 Å². The Bertz CT molecular complexity index is 780. The minimum Gasteiger partial charge on any atom is -0.481 e. The van der Waals surface area contributed by atoms with E-state index in [2.05, 4.69) is 59.0 Å². The van der Waals surface area contributed by atoms with Crippen LogP contribution in [0.2, 0.25) is 0 Å². The maximum atomic E-state index is 11.0. The van der Waals surface area contributed by atoms with Gasteiger partial charge >= 0.3 is 5.97 Å². The molecule has 0 unspecified atom stereocenters. The number of fused-ring (bicyclic) bond motifs is 3. The molecule has 0 aromatic heterocycles. The van der Waals surface area contributed by atoms with Gasteiger partial charge in [0, 0.05) is 18.5 Å². The first-order valence-corrected chi connectivity index (χ1v) is 9.04. The molecular weight excluding hydrogens is 328 g/mol. The lowest BCUT2D eigenvalue weighted by molar-refractivity contribution is -0.142. The van der Waals surface area contributed by atoms with Crippen molar-refractivity contribution in [3.05, 3.63) is 59.7 Å². The Hall–Kier alpha value is -2.66. The summed E-state index contributed by atoms with van der Waals surface area (Å²) in [6.07, 6.45) is 3.35. The second-order valence-electron chi connectivity index (χ2n) is 6.92. The summed E-state index contributed by atoms with van der Waals surface area (Å²) in [6.45, 7) is 0.954. The molecule has 1 aliphatic carbocycles. The van der Waals surface area contributed by atoms with E-state index in [1.54, 1.807) is 0 Å². The number of piperidine rings is 1. The molecule has 0 bridgehead atoms. The number of nitrogens with zero attached hydrogens (tertiary/aromatic N) is 1. The molecule has 134 valence electrons. The Morgan fingerprint density at radius 1 is 1.12 bits per heavy atom. The number of hydrogen-bond acceptors (Lipinski definition) is 4. The van der Waals surface area contributed by atoms with Crippen molar-refractivity contribution >= 4 is 12.2 Å². The molecule has 0 saturated carbocycles. The highest BCUT2D eigenvalue weighted by molar-refractivity contribution is 5.89. The second kappa shape index (κ2) is 7.30. The van der Waals surface area contributed by atoms with E-state index in [4.69, 9.17) is 9.94 Å². The van der Waals surface area contributed by atoms with Gasteiger partial charge in [-0.3, -0.25) is 4.79 Å². The van der Waals surface area contributed by atoms with Crippen LogP contribution in [0, 0.1) is 5.92 Å². The number of nitrogens with one attached hydrogen (secondary N) is 1. The van der Waals surface area contributed by atoms with Crippen LogP contribution in [0.15, 0.2) is 53.7 Å². The molecule has 0 amide bonds. The van der Waals surface area contributed by atoms with Gasteiger partial charge in [-0.25, -0.2) is 0 Å². The number of carboxylic acids is 1. The molecule has 2 aromatic carbocycles. The van der Waals surface area contributed by atoms with E-state index in [0.717, 1.165) is 6.42 Å². The first kappa shape index (κ1) is 16.8. The zero-order valence-corrected chi connectivity index (χ0v) is 14.5.